The van der Waals surface area contributed by atoms with Gasteiger partial charge in [0.05, 0.1) is 16.7 Å². The van der Waals surface area contributed by atoms with Gasteiger partial charge in [-0.3, -0.25) is 0 Å². The Balaban J connectivity index is 1.06. The van der Waals surface area contributed by atoms with Gasteiger partial charge in [0.15, 0.2) is 0 Å². The van der Waals surface area contributed by atoms with E-state index in [0.29, 0.717) is 0 Å². The first kappa shape index (κ1) is 30.7. The maximum Gasteiger partial charge on any atom is 0.0561 e. The van der Waals surface area contributed by atoms with Gasteiger partial charge in [0, 0.05) is 39.1 Å². The van der Waals surface area contributed by atoms with Gasteiger partial charge in [0.25, 0.3) is 0 Å². The predicted molar refractivity (Wildman–Crippen MR) is 228 cm³/mol. The lowest BCUT2D eigenvalue weighted by Crippen LogP contribution is -2.12. The van der Waals surface area contributed by atoms with Crippen LogP contribution in [-0.2, 0) is 6.42 Å². The first-order chi connectivity index (χ1) is 26.8. The molecule has 0 saturated heterocycles. The second kappa shape index (κ2) is 12.4. The van der Waals surface area contributed by atoms with Crippen LogP contribution < -0.4 is 4.90 Å². The van der Waals surface area contributed by atoms with Gasteiger partial charge in [-0.2, -0.15) is 0 Å². The number of rotatable bonds is 6. The van der Waals surface area contributed by atoms with E-state index in [-0.39, 0.29) is 5.92 Å². The van der Waals surface area contributed by atoms with Crippen LogP contribution in [0, 0.1) is 0 Å². The maximum absolute atomic E-state index is 2.44. The van der Waals surface area contributed by atoms with Crippen LogP contribution in [0.4, 0.5) is 17.1 Å². The van der Waals surface area contributed by atoms with E-state index in [2.05, 4.69) is 210 Å². The summed E-state index contributed by atoms with van der Waals surface area (Å²) in [6, 6.07) is 73.6. The third-order valence-corrected chi connectivity index (χ3v) is 11.5. The average Bonchev–Trinajstić information content (AvgIpc) is 3.57. The van der Waals surface area contributed by atoms with Crippen LogP contribution >= 0.6 is 0 Å². The monoisotopic (exact) mass is 688 g/mol. The fourth-order valence-electron chi connectivity index (χ4n) is 9.12. The number of aromatic nitrogens is 1. The second-order valence-electron chi connectivity index (χ2n) is 14.5. The zero-order valence-corrected chi connectivity index (χ0v) is 29.7. The molecular formula is C52H36N2. The summed E-state index contributed by atoms with van der Waals surface area (Å²) in [4.78, 5) is 2.44. The molecule has 2 nitrogen and oxygen atoms in total. The Morgan fingerprint density at radius 2 is 1.06 bits per heavy atom. The molecule has 1 aliphatic rings. The summed E-state index contributed by atoms with van der Waals surface area (Å²) >= 11 is 0. The van der Waals surface area contributed by atoms with Crippen LogP contribution in [0.5, 0.6) is 0 Å². The van der Waals surface area contributed by atoms with Crippen molar-refractivity contribution in [2.24, 2.45) is 0 Å². The molecule has 10 aromatic rings. The molecule has 1 atom stereocenters. The molecule has 0 radical (unpaired) electrons. The summed E-state index contributed by atoms with van der Waals surface area (Å²) in [6.45, 7) is 0. The molecule has 0 bridgehead atoms. The topological polar surface area (TPSA) is 8.17 Å². The molecule has 0 fully saturated rings. The fourth-order valence-corrected chi connectivity index (χ4v) is 9.12. The Kier molecular flexibility index (Phi) is 7.03. The zero-order chi connectivity index (χ0) is 35.6. The molecule has 0 amide bonds. The zero-order valence-electron chi connectivity index (χ0n) is 29.7. The Hall–Kier alpha value is -6.90. The summed E-state index contributed by atoms with van der Waals surface area (Å²) in [5.74, 6) is 0.280. The average molecular weight is 689 g/mol. The number of hydrogen-bond donors (Lipinski definition) is 0. The highest BCUT2D eigenvalue weighted by Crippen LogP contribution is 2.47. The summed E-state index contributed by atoms with van der Waals surface area (Å²) in [5.41, 5.74) is 13.8. The van der Waals surface area contributed by atoms with Crippen molar-refractivity contribution in [2.45, 2.75) is 12.3 Å². The highest BCUT2D eigenvalue weighted by Gasteiger charge is 2.27. The molecule has 254 valence electrons. The van der Waals surface area contributed by atoms with Crippen LogP contribution in [-0.4, -0.2) is 4.57 Å². The molecule has 1 heterocycles. The Morgan fingerprint density at radius 1 is 0.426 bits per heavy atom. The summed E-state index contributed by atoms with van der Waals surface area (Å²) < 4.78 is 2.40. The minimum Gasteiger partial charge on any atom is -0.310 e. The van der Waals surface area contributed by atoms with Crippen LogP contribution in [0.25, 0.3) is 60.2 Å². The molecule has 9 aromatic carbocycles. The van der Waals surface area contributed by atoms with Crippen molar-refractivity contribution in [1.29, 1.82) is 0 Å². The van der Waals surface area contributed by atoms with Crippen molar-refractivity contribution >= 4 is 60.4 Å². The van der Waals surface area contributed by atoms with Crippen molar-refractivity contribution in [2.75, 3.05) is 4.90 Å². The van der Waals surface area contributed by atoms with Gasteiger partial charge in [-0.1, -0.05) is 152 Å². The smallest absolute Gasteiger partial charge is 0.0561 e. The Labute approximate surface area is 314 Å². The quantitative estimate of drug-likeness (QED) is 0.169. The molecule has 0 aliphatic heterocycles. The molecule has 11 rings (SSSR count). The molecule has 1 unspecified atom stereocenters. The van der Waals surface area contributed by atoms with E-state index in [9.17, 15) is 0 Å². The molecule has 0 spiro atoms. The summed E-state index contributed by atoms with van der Waals surface area (Å²) in [6.07, 6.45) is 0.933. The van der Waals surface area contributed by atoms with Crippen molar-refractivity contribution in [3.63, 3.8) is 0 Å². The van der Waals surface area contributed by atoms with E-state index < -0.39 is 0 Å². The Bertz CT molecular complexity index is 3020. The number of anilines is 3. The third kappa shape index (κ3) is 4.81. The van der Waals surface area contributed by atoms with Gasteiger partial charge < -0.3 is 9.47 Å². The minimum atomic E-state index is 0.280. The van der Waals surface area contributed by atoms with E-state index in [0.717, 1.165) is 29.2 Å². The second-order valence-corrected chi connectivity index (χ2v) is 14.5. The van der Waals surface area contributed by atoms with Gasteiger partial charge in [-0.25, -0.2) is 0 Å². The van der Waals surface area contributed by atoms with Crippen LogP contribution in [0.2, 0.25) is 0 Å². The van der Waals surface area contributed by atoms with Crippen molar-refractivity contribution in [3.8, 4) is 16.8 Å². The first-order valence-corrected chi connectivity index (χ1v) is 18.9. The largest absolute Gasteiger partial charge is 0.310 e. The number of para-hydroxylation sites is 2. The molecule has 0 N–H and O–H groups in total. The van der Waals surface area contributed by atoms with Gasteiger partial charge in [-0.05, 0) is 98.9 Å². The third-order valence-electron chi connectivity index (χ3n) is 11.5. The number of nitrogens with zero attached hydrogens (tertiary/aromatic N) is 2. The van der Waals surface area contributed by atoms with Gasteiger partial charge >= 0.3 is 0 Å². The van der Waals surface area contributed by atoms with Gasteiger partial charge in [0.1, 0.15) is 0 Å². The van der Waals surface area contributed by atoms with E-state index >= 15 is 0 Å². The Morgan fingerprint density at radius 3 is 1.94 bits per heavy atom. The summed E-state index contributed by atoms with van der Waals surface area (Å²) in [7, 11) is 0. The first-order valence-electron chi connectivity index (χ1n) is 18.9. The van der Waals surface area contributed by atoms with Crippen LogP contribution in [0.1, 0.15) is 22.6 Å². The highest BCUT2D eigenvalue weighted by atomic mass is 15.1. The molecule has 2 heteroatoms. The normalized spacial score (nSPS) is 13.4. The standard InChI is InChI=1S/C52H36N2/c1-2-17-38(18-3-1)54-50-25-9-8-22-44(50)45-32-31-40(34-51(45)54)53(49-26-12-14-36-13-4-5-19-41(36)49)39-29-27-35(28-30-39)33-48-43-21-7-6-20-42(43)46-23-10-15-37-16-11-24-47(48)52(37)46/h1-32,34,48H,33H2. The number of benzene rings is 9. The van der Waals surface area contributed by atoms with E-state index in [4.69, 9.17) is 0 Å². The molecule has 1 aliphatic carbocycles. The van der Waals surface area contributed by atoms with E-state index in [1.54, 1.807) is 0 Å². The fraction of sp³-hybridized carbons (Fsp3) is 0.0385. The van der Waals surface area contributed by atoms with E-state index in [1.807, 2.05) is 0 Å². The lowest BCUT2D eigenvalue weighted by molar-refractivity contribution is 0.809. The number of hydrogen-bond acceptors (Lipinski definition) is 1. The molecule has 0 saturated carbocycles. The van der Waals surface area contributed by atoms with E-state index in [1.165, 1.54) is 71.2 Å². The van der Waals surface area contributed by atoms with Crippen LogP contribution in [0.3, 0.4) is 0 Å². The van der Waals surface area contributed by atoms with Crippen molar-refractivity contribution in [3.05, 3.63) is 217 Å². The lowest BCUT2D eigenvalue weighted by Gasteiger charge is -2.29. The minimum absolute atomic E-state index is 0.280. The summed E-state index contributed by atoms with van der Waals surface area (Å²) in [5, 5.41) is 7.65. The predicted octanol–water partition coefficient (Wildman–Crippen LogP) is 13.9. The van der Waals surface area contributed by atoms with Crippen molar-refractivity contribution < 1.29 is 0 Å². The van der Waals surface area contributed by atoms with Gasteiger partial charge in [0.2, 0.25) is 0 Å². The van der Waals surface area contributed by atoms with Crippen LogP contribution in [0.15, 0.2) is 200 Å². The van der Waals surface area contributed by atoms with Crippen molar-refractivity contribution in [1.82, 2.24) is 4.57 Å². The lowest BCUT2D eigenvalue weighted by atomic mass is 9.74. The highest BCUT2D eigenvalue weighted by molar-refractivity contribution is 6.11. The molecule has 54 heavy (non-hydrogen) atoms. The van der Waals surface area contributed by atoms with Gasteiger partial charge in [-0.15, -0.1) is 0 Å². The number of fused-ring (bicyclic) bond motifs is 6. The maximum atomic E-state index is 2.44. The molecular weight excluding hydrogens is 653 g/mol. The SMILES string of the molecule is c1ccc(-n2c3ccccc3c3ccc(N(c4ccc(CC5c6ccccc6-c6cccc7cccc5c67)cc4)c4cccc5ccccc45)cc32)cc1. The molecule has 1 aromatic heterocycles.